The van der Waals surface area contributed by atoms with Gasteiger partial charge in [-0.25, -0.2) is 0 Å². The summed E-state index contributed by atoms with van der Waals surface area (Å²) < 4.78 is 0. The Morgan fingerprint density at radius 2 is 1.96 bits per heavy atom. The summed E-state index contributed by atoms with van der Waals surface area (Å²) in [5.74, 6) is -0.482. The summed E-state index contributed by atoms with van der Waals surface area (Å²) in [6, 6.07) is 6.79. The lowest BCUT2D eigenvalue weighted by atomic mass is 9.91. The average Bonchev–Trinajstić information content (AvgIpc) is 2.86. The van der Waals surface area contributed by atoms with Gasteiger partial charge < -0.3 is 10.6 Å². The first-order chi connectivity index (χ1) is 11.6. The summed E-state index contributed by atoms with van der Waals surface area (Å²) in [4.78, 5) is 24.1. The zero-order valence-corrected chi connectivity index (χ0v) is 16.2. The number of nitrogens with one attached hydrogen (secondary N) is 2. The first kappa shape index (κ1) is 19.5. The number of halogens is 1. The van der Waals surface area contributed by atoms with Crippen LogP contribution in [0.25, 0.3) is 0 Å². The third-order valence-corrected chi connectivity index (χ3v) is 4.98. The van der Waals surface area contributed by atoms with Crippen LogP contribution in [0.5, 0.6) is 0 Å². The Morgan fingerprint density at radius 3 is 2.56 bits per heavy atom. The second kappa shape index (κ2) is 8.01. The highest BCUT2D eigenvalue weighted by Crippen LogP contribution is 2.24. The van der Waals surface area contributed by atoms with E-state index in [1.807, 2.05) is 27.7 Å². The molecular weight excluding hydrogens is 360 g/mol. The zero-order valence-electron chi connectivity index (χ0n) is 14.6. The van der Waals surface area contributed by atoms with E-state index in [9.17, 15) is 9.59 Å². The number of benzene rings is 1. The number of hydrogen-bond acceptors (Lipinski definition) is 5. The van der Waals surface area contributed by atoms with E-state index in [2.05, 4.69) is 20.8 Å². The van der Waals surface area contributed by atoms with Gasteiger partial charge in [0.25, 0.3) is 0 Å². The third-order valence-electron chi connectivity index (χ3n) is 3.65. The number of carbonyl (C=O) groups excluding carboxylic acids is 2. The molecule has 2 amide bonds. The van der Waals surface area contributed by atoms with Crippen LogP contribution in [0.3, 0.4) is 0 Å². The fraction of sp³-hybridized carbons (Fsp3) is 0.412. The number of amides is 2. The average molecular weight is 381 g/mol. The molecule has 0 bridgehead atoms. The van der Waals surface area contributed by atoms with Crippen LogP contribution in [-0.4, -0.2) is 27.9 Å². The summed E-state index contributed by atoms with van der Waals surface area (Å²) in [7, 11) is 0. The van der Waals surface area contributed by atoms with Gasteiger partial charge in [-0.15, -0.1) is 5.10 Å². The minimum Gasteiger partial charge on any atom is -0.326 e. The highest BCUT2D eigenvalue weighted by Gasteiger charge is 2.32. The van der Waals surface area contributed by atoms with Crippen LogP contribution >= 0.6 is 23.4 Å². The summed E-state index contributed by atoms with van der Waals surface area (Å²) in [6.45, 7) is 8.01. The molecule has 1 aliphatic rings. The Balaban J connectivity index is 1.94. The molecular formula is C17H21ClN4O2S. The van der Waals surface area contributed by atoms with Crippen molar-refractivity contribution >= 4 is 51.7 Å². The molecule has 1 aliphatic heterocycles. The maximum Gasteiger partial charge on any atom is 0.240 e. The van der Waals surface area contributed by atoms with Crippen LogP contribution in [0.15, 0.2) is 34.5 Å². The summed E-state index contributed by atoms with van der Waals surface area (Å²) >= 11 is 7.02. The van der Waals surface area contributed by atoms with Crippen LogP contribution in [-0.2, 0) is 9.59 Å². The molecule has 1 aromatic rings. The lowest BCUT2D eigenvalue weighted by molar-refractivity contribution is -0.122. The van der Waals surface area contributed by atoms with E-state index in [0.717, 1.165) is 5.71 Å². The molecule has 1 fully saturated rings. The van der Waals surface area contributed by atoms with Crippen molar-refractivity contribution in [2.75, 3.05) is 5.32 Å². The largest absolute Gasteiger partial charge is 0.326 e. The standard InChI is InChI=1S/C17H21ClN4O2S/c1-10(17(2,3)4)21-22-16-20-15(24)13(25-16)9-14(23)19-12-7-5-11(18)6-8-12/h5-8,13H,9H2,1-4H3,(H,19,23)(H,20,22,24)/b21-10-/t13-/m0/s1. The van der Waals surface area contributed by atoms with Gasteiger partial charge in [-0.3, -0.25) is 9.59 Å². The summed E-state index contributed by atoms with van der Waals surface area (Å²) in [6.07, 6.45) is 0.0557. The second-order valence-electron chi connectivity index (χ2n) is 6.70. The molecule has 8 heteroatoms. The molecule has 0 unspecified atom stereocenters. The maximum absolute atomic E-state index is 12.1. The van der Waals surface area contributed by atoms with Crippen LogP contribution in [0.4, 0.5) is 5.69 Å². The van der Waals surface area contributed by atoms with Gasteiger partial charge in [0, 0.05) is 28.3 Å². The highest BCUT2D eigenvalue weighted by atomic mass is 35.5. The van der Waals surface area contributed by atoms with Crippen LogP contribution < -0.4 is 10.6 Å². The van der Waals surface area contributed by atoms with Crippen molar-refractivity contribution < 1.29 is 9.59 Å². The maximum atomic E-state index is 12.1. The van der Waals surface area contributed by atoms with Crippen molar-refractivity contribution in [2.24, 2.45) is 15.6 Å². The zero-order chi connectivity index (χ0) is 18.6. The van der Waals surface area contributed by atoms with Crippen molar-refractivity contribution in [3.63, 3.8) is 0 Å². The lowest BCUT2D eigenvalue weighted by Crippen LogP contribution is -2.28. The summed E-state index contributed by atoms with van der Waals surface area (Å²) in [5, 5.41) is 14.1. The van der Waals surface area contributed by atoms with Gasteiger partial charge in [-0.1, -0.05) is 44.1 Å². The van der Waals surface area contributed by atoms with E-state index in [1.54, 1.807) is 24.3 Å². The smallest absolute Gasteiger partial charge is 0.240 e. The van der Waals surface area contributed by atoms with Crippen LogP contribution in [0.2, 0.25) is 5.02 Å². The quantitative estimate of drug-likeness (QED) is 0.617. The number of carbonyl (C=O) groups is 2. The molecule has 0 aromatic heterocycles. The van der Waals surface area contributed by atoms with Crippen molar-refractivity contribution in [1.82, 2.24) is 5.32 Å². The predicted molar refractivity (Wildman–Crippen MR) is 104 cm³/mol. The van der Waals surface area contributed by atoms with E-state index in [-0.39, 0.29) is 23.7 Å². The molecule has 1 atom stereocenters. The van der Waals surface area contributed by atoms with E-state index < -0.39 is 5.25 Å². The molecule has 134 valence electrons. The minimum atomic E-state index is -0.517. The topological polar surface area (TPSA) is 82.9 Å². The number of hydrogen-bond donors (Lipinski definition) is 2. The van der Waals surface area contributed by atoms with Crippen molar-refractivity contribution in [1.29, 1.82) is 0 Å². The number of thioether (sulfide) groups is 1. The first-order valence-electron chi connectivity index (χ1n) is 7.81. The van der Waals surface area contributed by atoms with Crippen molar-refractivity contribution in [2.45, 2.75) is 39.4 Å². The van der Waals surface area contributed by atoms with Gasteiger partial charge in [0.2, 0.25) is 11.8 Å². The Morgan fingerprint density at radius 1 is 1.32 bits per heavy atom. The van der Waals surface area contributed by atoms with E-state index in [1.165, 1.54) is 11.8 Å². The van der Waals surface area contributed by atoms with Crippen LogP contribution in [0, 0.1) is 5.41 Å². The van der Waals surface area contributed by atoms with Crippen molar-refractivity contribution in [3.05, 3.63) is 29.3 Å². The van der Waals surface area contributed by atoms with Gasteiger partial charge in [0.15, 0.2) is 5.17 Å². The molecule has 2 N–H and O–H groups in total. The fourth-order valence-corrected chi connectivity index (χ4v) is 2.81. The third kappa shape index (κ3) is 5.86. The van der Waals surface area contributed by atoms with Crippen LogP contribution in [0.1, 0.15) is 34.1 Å². The molecule has 0 radical (unpaired) electrons. The first-order valence-corrected chi connectivity index (χ1v) is 9.06. The van der Waals surface area contributed by atoms with Gasteiger partial charge in [-0.2, -0.15) is 5.10 Å². The molecule has 6 nitrogen and oxygen atoms in total. The molecule has 25 heavy (non-hydrogen) atoms. The second-order valence-corrected chi connectivity index (χ2v) is 8.32. The SMILES string of the molecule is C/C(=N/N=C1\NC(=O)[C@H](CC(=O)Nc2ccc(Cl)cc2)S1)C(C)(C)C. The Labute approximate surface area is 156 Å². The van der Waals surface area contributed by atoms with Gasteiger partial charge >= 0.3 is 0 Å². The molecule has 1 heterocycles. The Bertz CT molecular complexity index is 723. The Hall–Kier alpha value is -1.86. The highest BCUT2D eigenvalue weighted by molar-refractivity contribution is 8.15. The molecule has 2 rings (SSSR count). The lowest BCUT2D eigenvalue weighted by Gasteiger charge is -2.16. The molecule has 0 spiro atoms. The van der Waals surface area contributed by atoms with E-state index >= 15 is 0 Å². The van der Waals surface area contributed by atoms with Gasteiger partial charge in [0.1, 0.15) is 5.25 Å². The molecule has 1 saturated heterocycles. The fourth-order valence-electron chi connectivity index (χ4n) is 1.77. The molecule has 0 saturated carbocycles. The van der Waals surface area contributed by atoms with Crippen molar-refractivity contribution in [3.8, 4) is 0 Å². The van der Waals surface area contributed by atoms with Gasteiger partial charge in [-0.05, 0) is 31.2 Å². The number of amidine groups is 1. The Kier molecular flexibility index (Phi) is 6.24. The number of anilines is 1. The summed E-state index contributed by atoms with van der Waals surface area (Å²) in [5.41, 5.74) is 1.41. The molecule has 0 aliphatic carbocycles. The van der Waals surface area contributed by atoms with E-state index in [0.29, 0.717) is 15.9 Å². The predicted octanol–water partition coefficient (Wildman–Crippen LogP) is 3.68. The number of rotatable bonds is 4. The van der Waals surface area contributed by atoms with E-state index in [4.69, 9.17) is 11.6 Å². The number of nitrogens with zero attached hydrogens (tertiary/aromatic N) is 2. The minimum absolute atomic E-state index is 0.0557. The molecule has 1 aromatic carbocycles. The normalized spacial score (nSPS) is 19.9. The van der Waals surface area contributed by atoms with Gasteiger partial charge in [0.05, 0.1) is 0 Å². The monoisotopic (exact) mass is 380 g/mol.